The SMILES string of the molecule is CN(CCNC(=O)c1ccn(C2CCCNC2)n1)c1ccccc1. The van der Waals surface area contributed by atoms with Crippen LogP contribution in [-0.4, -0.2) is 48.9 Å². The molecule has 6 heteroatoms. The maximum Gasteiger partial charge on any atom is 0.271 e. The van der Waals surface area contributed by atoms with E-state index in [9.17, 15) is 4.79 Å². The molecule has 128 valence electrons. The molecule has 1 saturated heterocycles. The number of piperidine rings is 1. The van der Waals surface area contributed by atoms with Crippen molar-refractivity contribution in [3.8, 4) is 0 Å². The normalized spacial score (nSPS) is 17.5. The summed E-state index contributed by atoms with van der Waals surface area (Å²) in [5, 5.41) is 10.8. The van der Waals surface area contributed by atoms with E-state index in [2.05, 4.69) is 32.8 Å². The largest absolute Gasteiger partial charge is 0.373 e. The van der Waals surface area contributed by atoms with Gasteiger partial charge in [0.1, 0.15) is 5.69 Å². The van der Waals surface area contributed by atoms with Gasteiger partial charge in [-0.2, -0.15) is 5.10 Å². The van der Waals surface area contributed by atoms with Gasteiger partial charge in [0.15, 0.2) is 0 Å². The lowest BCUT2D eigenvalue weighted by molar-refractivity contribution is 0.0948. The van der Waals surface area contributed by atoms with Crippen LogP contribution in [0.2, 0.25) is 0 Å². The molecule has 1 atom stereocenters. The van der Waals surface area contributed by atoms with Crippen molar-refractivity contribution in [2.75, 3.05) is 38.1 Å². The minimum Gasteiger partial charge on any atom is -0.373 e. The standard InChI is InChI=1S/C18H25N5O/c1-22(15-6-3-2-4-7-15)13-11-20-18(24)17-9-12-23(21-17)16-8-5-10-19-14-16/h2-4,6-7,9,12,16,19H,5,8,10-11,13-14H2,1H3,(H,20,24). The summed E-state index contributed by atoms with van der Waals surface area (Å²) in [6.45, 7) is 3.33. The van der Waals surface area contributed by atoms with E-state index in [4.69, 9.17) is 0 Å². The van der Waals surface area contributed by atoms with Gasteiger partial charge >= 0.3 is 0 Å². The highest BCUT2D eigenvalue weighted by Gasteiger charge is 2.17. The molecule has 6 nitrogen and oxygen atoms in total. The summed E-state index contributed by atoms with van der Waals surface area (Å²) in [6.07, 6.45) is 4.16. The Morgan fingerprint density at radius 2 is 2.21 bits per heavy atom. The van der Waals surface area contributed by atoms with E-state index in [1.807, 2.05) is 36.1 Å². The fraction of sp³-hybridized carbons (Fsp3) is 0.444. The van der Waals surface area contributed by atoms with Crippen molar-refractivity contribution in [2.24, 2.45) is 0 Å². The molecule has 1 aromatic heterocycles. The minimum atomic E-state index is -0.112. The summed E-state index contributed by atoms with van der Waals surface area (Å²) in [5.74, 6) is -0.112. The van der Waals surface area contributed by atoms with Gasteiger partial charge in [0, 0.05) is 38.6 Å². The van der Waals surface area contributed by atoms with Gasteiger partial charge in [-0.1, -0.05) is 18.2 Å². The number of carbonyl (C=O) groups is 1. The Hall–Kier alpha value is -2.34. The number of aromatic nitrogens is 2. The van der Waals surface area contributed by atoms with Gasteiger partial charge in [-0.3, -0.25) is 9.48 Å². The van der Waals surface area contributed by atoms with Gasteiger partial charge in [0.25, 0.3) is 5.91 Å². The monoisotopic (exact) mass is 327 g/mol. The maximum atomic E-state index is 12.2. The highest BCUT2D eigenvalue weighted by Crippen LogP contribution is 2.15. The van der Waals surface area contributed by atoms with Crippen LogP contribution in [0.25, 0.3) is 0 Å². The molecule has 2 N–H and O–H groups in total. The second-order valence-corrected chi connectivity index (χ2v) is 6.19. The molecule has 0 radical (unpaired) electrons. The molecule has 1 amide bonds. The molecule has 1 aromatic carbocycles. The van der Waals surface area contributed by atoms with E-state index in [-0.39, 0.29) is 5.91 Å². The zero-order valence-electron chi connectivity index (χ0n) is 14.1. The maximum absolute atomic E-state index is 12.2. The van der Waals surface area contributed by atoms with Crippen molar-refractivity contribution in [1.82, 2.24) is 20.4 Å². The molecule has 0 bridgehead atoms. The summed E-state index contributed by atoms with van der Waals surface area (Å²) in [4.78, 5) is 14.4. The Morgan fingerprint density at radius 3 is 2.96 bits per heavy atom. The zero-order valence-corrected chi connectivity index (χ0v) is 14.1. The van der Waals surface area contributed by atoms with E-state index in [0.717, 1.165) is 38.2 Å². The van der Waals surface area contributed by atoms with Crippen LogP contribution in [0.5, 0.6) is 0 Å². The molecule has 1 aliphatic heterocycles. The van der Waals surface area contributed by atoms with Crippen molar-refractivity contribution in [1.29, 1.82) is 0 Å². The fourth-order valence-corrected chi connectivity index (χ4v) is 2.96. The van der Waals surface area contributed by atoms with Gasteiger partial charge in [0.05, 0.1) is 6.04 Å². The highest BCUT2D eigenvalue weighted by atomic mass is 16.1. The summed E-state index contributed by atoms with van der Waals surface area (Å²) in [7, 11) is 2.02. The van der Waals surface area contributed by atoms with Crippen LogP contribution in [0.15, 0.2) is 42.6 Å². The Morgan fingerprint density at radius 1 is 1.38 bits per heavy atom. The predicted molar refractivity (Wildman–Crippen MR) is 95.4 cm³/mol. The molecule has 0 saturated carbocycles. The first-order chi connectivity index (χ1) is 11.7. The van der Waals surface area contributed by atoms with Crippen molar-refractivity contribution < 1.29 is 4.79 Å². The van der Waals surface area contributed by atoms with Crippen molar-refractivity contribution in [3.63, 3.8) is 0 Å². The van der Waals surface area contributed by atoms with Gasteiger partial charge < -0.3 is 15.5 Å². The number of likely N-dealkylation sites (N-methyl/N-ethyl adjacent to an activating group) is 1. The number of para-hydroxylation sites is 1. The van der Waals surface area contributed by atoms with E-state index in [0.29, 0.717) is 18.3 Å². The Bertz CT molecular complexity index is 648. The molecule has 24 heavy (non-hydrogen) atoms. The van der Waals surface area contributed by atoms with Crippen LogP contribution in [0.4, 0.5) is 5.69 Å². The molecule has 0 aliphatic carbocycles. The topological polar surface area (TPSA) is 62.2 Å². The lowest BCUT2D eigenvalue weighted by atomic mass is 10.1. The number of anilines is 1. The molecule has 1 unspecified atom stereocenters. The molecule has 2 heterocycles. The first-order valence-electron chi connectivity index (χ1n) is 8.54. The lowest BCUT2D eigenvalue weighted by Crippen LogP contribution is -2.34. The molecule has 0 spiro atoms. The average Bonchev–Trinajstić information content (AvgIpc) is 3.13. The van der Waals surface area contributed by atoms with E-state index < -0.39 is 0 Å². The summed E-state index contributed by atoms with van der Waals surface area (Å²) < 4.78 is 1.91. The Kier molecular flexibility index (Phi) is 5.48. The second kappa shape index (κ2) is 7.97. The molecule has 1 aliphatic rings. The summed E-state index contributed by atoms with van der Waals surface area (Å²) in [6, 6.07) is 12.3. The number of nitrogens with zero attached hydrogens (tertiary/aromatic N) is 3. The van der Waals surface area contributed by atoms with Gasteiger partial charge in [-0.15, -0.1) is 0 Å². The third kappa shape index (κ3) is 4.14. The number of hydrogen-bond donors (Lipinski definition) is 2. The highest BCUT2D eigenvalue weighted by molar-refractivity contribution is 5.92. The van der Waals surface area contributed by atoms with Crippen molar-refractivity contribution in [2.45, 2.75) is 18.9 Å². The van der Waals surface area contributed by atoms with Gasteiger partial charge in [0.2, 0.25) is 0 Å². The summed E-state index contributed by atoms with van der Waals surface area (Å²) in [5.41, 5.74) is 1.63. The van der Waals surface area contributed by atoms with Crippen LogP contribution < -0.4 is 15.5 Å². The van der Waals surface area contributed by atoms with Crippen LogP contribution in [-0.2, 0) is 0 Å². The lowest BCUT2D eigenvalue weighted by Gasteiger charge is -2.22. The molecule has 3 rings (SSSR count). The molecular weight excluding hydrogens is 302 g/mol. The summed E-state index contributed by atoms with van der Waals surface area (Å²) >= 11 is 0. The minimum absolute atomic E-state index is 0.112. The number of amides is 1. The number of nitrogens with one attached hydrogen (secondary N) is 2. The second-order valence-electron chi connectivity index (χ2n) is 6.19. The van der Waals surface area contributed by atoms with Crippen LogP contribution in [0.3, 0.4) is 0 Å². The molecule has 2 aromatic rings. The third-order valence-electron chi connectivity index (χ3n) is 4.42. The number of benzene rings is 1. The van der Waals surface area contributed by atoms with Crippen LogP contribution in [0, 0.1) is 0 Å². The average molecular weight is 327 g/mol. The quantitative estimate of drug-likeness (QED) is 0.847. The molecule has 1 fully saturated rings. The van der Waals surface area contributed by atoms with E-state index in [1.165, 1.54) is 0 Å². The number of rotatable bonds is 6. The third-order valence-corrected chi connectivity index (χ3v) is 4.42. The van der Waals surface area contributed by atoms with Crippen LogP contribution in [0.1, 0.15) is 29.4 Å². The Labute approximate surface area is 142 Å². The van der Waals surface area contributed by atoms with Crippen molar-refractivity contribution in [3.05, 3.63) is 48.3 Å². The first-order valence-corrected chi connectivity index (χ1v) is 8.54. The Balaban J connectivity index is 1.47. The van der Waals surface area contributed by atoms with E-state index >= 15 is 0 Å². The van der Waals surface area contributed by atoms with Crippen molar-refractivity contribution >= 4 is 11.6 Å². The van der Waals surface area contributed by atoms with E-state index in [1.54, 1.807) is 6.07 Å². The smallest absolute Gasteiger partial charge is 0.271 e. The van der Waals surface area contributed by atoms with Gasteiger partial charge in [-0.25, -0.2) is 0 Å². The van der Waals surface area contributed by atoms with Gasteiger partial charge in [-0.05, 0) is 37.6 Å². The van der Waals surface area contributed by atoms with Crippen LogP contribution >= 0.6 is 0 Å². The zero-order chi connectivity index (χ0) is 16.8. The first kappa shape index (κ1) is 16.5. The number of carbonyl (C=O) groups excluding carboxylic acids is 1. The predicted octanol–water partition coefficient (Wildman–Crippen LogP) is 1.67. The number of hydrogen-bond acceptors (Lipinski definition) is 4. The molecular formula is C18H25N5O. The fourth-order valence-electron chi connectivity index (χ4n) is 2.96.